The van der Waals surface area contributed by atoms with E-state index < -0.39 is 0 Å². The highest BCUT2D eigenvalue weighted by molar-refractivity contribution is 14.0. The highest BCUT2D eigenvalue weighted by atomic mass is 127. The number of likely N-dealkylation sites (N-methyl/N-ethyl adjacent to an activating group) is 1. The van der Waals surface area contributed by atoms with E-state index in [1.54, 1.807) is 14.2 Å². The maximum atomic E-state index is 5.51. The molecule has 0 aliphatic rings. The van der Waals surface area contributed by atoms with Crippen LogP contribution in [0.15, 0.2) is 35.6 Å². The van der Waals surface area contributed by atoms with Gasteiger partial charge in [-0.2, -0.15) is 5.10 Å². The van der Waals surface area contributed by atoms with Gasteiger partial charge in [0, 0.05) is 38.0 Å². The molecule has 1 aromatic carbocycles. The summed E-state index contributed by atoms with van der Waals surface area (Å²) in [5.41, 5.74) is 3.47. The molecule has 0 radical (unpaired) electrons. The molecule has 2 atom stereocenters. The fraction of sp³-hybridized carbons (Fsp3) is 0.500. The lowest BCUT2D eigenvalue weighted by Crippen LogP contribution is -2.42. The average molecular weight is 500 g/mol. The Morgan fingerprint density at radius 1 is 1.36 bits per heavy atom. The molecule has 0 aliphatic heterocycles. The zero-order valence-electron chi connectivity index (χ0n) is 17.9. The first kappa shape index (κ1) is 24.2. The Kier molecular flexibility index (Phi) is 9.74. The summed E-state index contributed by atoms with van der Waals surface area (Å²) in [6.45, 7) is 4.91. The number of aliphatic imine (C=N–C) groups is 1. The van der Waals surface area contributed by atoms with Crippen molar-refractivity contribution < 1.29 is 4.74 Å². The number of nitrogens with zero attached hydrogens (tertiary/aromatic N) is 4. The third-order valence-electron chi connectivity index (χ3n) is 4.62. The molecular weight excluding hydrogens is 467 g/mol. The molecule has 28 heavy (non-hydrogen) atoms. The van der Waals surface area contributed by atoms with Crippen LogP contribution >= 0.6 is 24.0 Å². The first-order valence-corrected chi connectivity index (χ1v) is 9.12. The van der Waals surface area contributed by atoms with Crippen LogP contribution in [0.25, 0.3) is 0 Å². The minimum Gasteiger partial charge on any atom is -0.496 e. The van der Waals surface area contributed by atoms with E-state index >= 15 is 0 Å². The number of nitrogens with one attached hydrogen (secondary N) is 2. The van der Waals surface area contributed by atoms with Crippen molar-refractivity contribution in [1.29, 1.82) is 0 Å². The zero-order chi connectivity index (χ0) is 20.0. The number of aryl methyl sites for hydroxylation is 2. The maximum absolute atomic E-state index is 5.51. The molecule has 0 saturated carbocycles. The topological polar surface area (TPSA) is 66.7 Å². The standard InChI is InChI=1S/C20H32N6O.HI/c1-14-8-9-19(27-7)17(10-14)15(2)24-20(21-3)22-12-18(25(4)5)16-11-23-26(6)13-16;/h8-11,13,15,18H,12H2,1-7H3,(H2,21,22,24);1H. The molecule has 7 nitrogen and oxygen atoms in total. The van der Waals surface area contributed by atoms with Crippen LogP contribution in [-0.4, -0.2) is 55.4 Å². The van der Waals surface area contributed by atoms with Gasteiger partial charge in [0.05, 0.1) is 25.4 Å². The Morgan fingerprint density at radius 2 is 2.07 bits per heavy atom. The number of methoxy groups -OCH3 is 1. The van der Waals surface area contributed by atoms with Crippen molar-refractivity contribution in [3.05, 3.63) is 47.3 Å². The summed E-state index contributed by atoms with van der Waals surface area (Å²) in [5.74, 6) is 1.62. The largest absolute Gasteiger partial charge is 0.496 e. The number of aromatic nitrogens is 2. The van der Waals surface area contributed by atoms with Crippen LogP contribution in [-0.2, 0) is 7.05 Å². The second-order valence-electron chi connectivity index (χ2n) is 6.99. The van der Waals surface area contributed by atoms with Crippen LogP contribution in [0, 0.1) is 6.92 Å². The fourth-order valence-electron chi connectivity index (χ4n) is 3.07. The Labute approximate surface area is 185 Å². The van der Waals surface area contributed by atoms with E-state index in [0.29, 0.717) is 0 Å². The van der Waals surface area contributed by atoms with E-state index in [2.05, 4.69) is 65.7 Å². The second kappa shape index (κ2) is 11.3. The lowest BCUT2D eigenvalue weighted by Gasteiger charge is -2.26. The van der Waals surface area contributed by atoms with Gasteiger partial charge in [-0.3, -0.25) is 9.67 Å². The second-order valence-corrected chi connectivity index (χ2v) is 6.99. The molecule has 2 unspecified atom stereocenters. The van der Waals surface area contributed by atoms with Crippen molar-refractivity contribution in [2.75, 3.05) is 34.8 Å². The molecule has 2 rings (SSSR count). The molecule has 2 N–H and O–H groups in total. The van der Waals surface area contributed by atoms with E-state index in [1.807, 2.05) is 30.2 Å². The molecule has 1 heterocycles. The summed E-state index contributed by atoms with van der Waals surface area (Å²) in [6, 6.07) is 6.45. The minimum atomic E-state index is 0. The molecule has 0 amide bonds. The van der Waals surface area contributed by atoms with Gasteiger partial charge in [0.1, 0.15) is 5.75 Å². The molecule has 156 valence electrons. The summed E-state index contributed by atoms with van der Waals surface area (Å²) >= 11 is 0. The van der Waals surface area contributed by atoms with Crippen molar-refractivity contribution in [2.24, 2.45) is 12.0 Å². The van der Waals surface area contributed by atoms with Crippen LogP contribution < -0.4 is 15.4 Å². The summed E-state index contributed by atoms with van der Waals surface area (Å²) in [5, 5.41) is 11.2. The molecular formula is C20H33IN6O. The van der Waals surface area contributed by atoms with Crippen molar-refractivity contribution in [3.8, 4) is 5.75 Å². The number of benzene rings is 1. The van der Waals surface area contributed by atoms with E-state index in [-0.39, 0.29) is 36.1 Å². The summed E-state index contributed by atoms with van der Waals surface area (Å²) in [6.07, 6.45) is 3.95. The van der Waals surface area contributed by atoms with Gasteiger partial charge in [-0.05, 0) is 34.0 Å². The molecule has 2 aromatic rings. The fourth-order valence-corrected chi connectivity index (χ4v) is 3.07. The Bertz CT molecular complexity index is 774. The predicted molar refractivity (Wildman–Crippen MR) is 126 cm³/mol. The van der Waals surface area contributed by atoms with Crippen LogP contribution in [0.2, 0.25) is 0 Å². The normalized spacial score (nSPS) is 13.6. The smallest absolute Gasteiger partial charge is 0.191 e. The number of guanidine groups is 1. The van der Waals surface area contributed by atoms with Gasteiger partial charge in [0.25, 0.3) is 0 Å². The predicted octanol–water partition coefficient (Wildman–Crippen LogP) is 2.88. The van der Waals surface area contributed by atoms with Gasteiger partial charge < -0.3 is 20.3 Å². The number of halogens is 1. The first-order chi connectivity index (χ1) is 12.8. The van der Waals surface area contributed by atoms with Crippen LogP contribution in [0.1, 0.15) is 35.7 Å². The highest BCUT2D eigenvalue weighted by Gasteiger charge is 2.18. The zero-order valence-corrected chi connectivity index (χ0v) is 20.2. The Hall–Kier alpha value is -1.81. The molecule has 1 aromatic heterocycles. The molecule has 0 fully saturated rings. The van der Waals surface area contributed by atoms with Crippen molar-refractivity contribution in [2.45, 2.75) is 25.9 Å². The lowest BCUT2D eigenvalue weighted by molar-refractivity contribution is 0.298. The van der Waals surface area contributed by atoms with Crippen molar-refractivity contribution in [3.63, 3.8) is 0 Å². The van der Waals surface area contributed by atoms with Gasteiger partial charge in [0.15, 0.2) is 5.96 Å². The van der Waals surface area contributed by atoms with E-state index in [1.165, 1.54) is 11.1 Å². The number of rotatable bonds is 7. The van der Waals surface area contributed by atoms with Crippen LogP contribution in [0.3, 0.4) is 0 Å². The van der Waals surface area contributed by atoms with Gasteiger partial charge in [0.2, 0.25) is 0 Å². The quantitative estimate of drug-likeness (QED) is 0.348. The van der Waals surface area contributed by atoms with E-state index in [9.17, 15) is 0 Å². The van der Waals surface area contributed by atoms with Gasteiger partial charge >= 0.3 is 0 Å². The van der Waals surface area contributed by atoms with E-state index in [4.69, 9.17) is 4.74 Å². The third kappa shape index (κ3) is 6.37. The molecule has 0 aliphatic carbocycles. The number of hydrogen-bond acceptors (Lipinski definition) is 4. The SMILES string of the molecule is CN=C(NCC(c1cnn(C)c1)N(C)C)NC(C)c1cc(C)ccc1OC.I. The van der Waals surface area contributed by atoms with Crippen LogP contribution in [0.5, 0.6) is 5.75 Å². The molecule has 0 spiro atoms. The summed E-state index contributed by atoms with van der Waals surface area (Å²) in [7, 11) is 9.54. The third-order valence-corrected chi connectivity index (χ3v) is 4.62. The average Bonchev–Trinajstić information content (AvgIpc) is 3.06. The summed E-state index contributed by atoms with van der Waals surface area (Å²) in [4.78, 5) is 6.55. The van der Waals surface area contributed by atoms with Gasteiger partial charge in [-0.25, -0.2) is 0 Å². The minimum absolute atomic E-state index is 0. The monoisotopic (exact) mass is 500 g/mol. The maximum Gasteiger partial charge on any atom is 0.191 e. The van der Waals surface area contributed by atoms with Crippen molar-refractivity contribution in [1.82, 2.24) is 25.3 Å². The van der Waals surface area contributed by atoms with Gasteiger partial charge in [-0.15, -0.1) is 24.0 Å². The number of ether oxygens (including phenoxy) is 1. The molecule has 0 bridgehead atoms. The molecule has 8 heteroatoms. The van der Waals surface area contributed by atoms with Gasteiger partial charge in [-0.1, -0.05) is 17.7 Å². The first-order valence-electron chi connectivity index (χ1n) is 9.12. The highest BCUT2D eigenvalue weighted by Crippen LogP contribution is 2.26. The van der Waals surface area contributed by atoms with Crippen molar-refractivity contribution >= 4 is 29.9 Å². The molecule has 0 saturated heterocycles. The van der Waals surface area contributed by atoms with Crippen LogP contribution in [0.4, 0.5) is 0 Å². The summed E-state index contributed by atoms with van der Waals surface area (Å²) < 4.78 is 7.33. The number of hydrogen-bond donors (Lipinski definition) is 2. The lowest BCUT2D eigenvalue weighted by atomic mass is 10.0. The Morgan fingerprint density at radius 3 is 2.61 bits per heavy atom. The Balaban J connectivity index is 0.00000392. The van der Waals surface area contributed by atoms with E-state index in [0.717, 1.165) is 23.8 Å².